The van der Waals surface area contributed by atoms with Crippen LogP contribution in [0.5, 0.6) is 0 Å². The van der Waals surface area contributed by atoms with Crippen molar-refractivity contribution in [1.82, 2.24) is 0 Å². The van der Waals surface area contributed by atoms with Crippen LogP contribution in [0.2, 0.25) is 0 Å². The highest BCUT2D eigenvalue weighted by Crippen LogP contribution is 2.50. The summed E-state index contributed by atoms with van der Waals surface area (Å²) in [7, 11) is 0. The van der Waals surface area contributed by atoms with E-state index in [0.717, 1.165) is 77.9 Å². The van der Waals surface area contributed by atoms with E-state index in [0.29, 0.717) is 11.3 Å². The van der Waals surface area contributed by atoms with Crippen LogP contribution in [0.25, 0.3) is 59.4 Å². The summed E-state index contributed by atoms with van der Waals surface area (Å²) < 4.78 is 0. The molecule has 0 fully saturated rings. The Morgan fingerprint density at radius 1 is 0.397 bits per heavy atom. The second-order valence-electron chi connectivity index (χ2n) is 14.3. The quantitative estimate of drug-likeness (QED) is 0.115. The van der Waals surface area contributed by atoms with Gasteiger partial charge in [0.15, 0.2) is 5.69 Å². The van der Waals surface area contributed by atoms with Crippen LogP contribution in [0.3, 0.4) is 0 Å². The predicted molar refractivity (Wildman–Crippen MR) is 241 cm³/mol. The highest BCUT2D eigenvalue weighted by molar-refractivity contribution is 6.28. The van der Waals surface area contributed by atoms with Gasteiger partial charge in [-0.05, 0) is 93.3 Å². The van der Waals surface area contributed by atoms with Gasteiger partial charge in [-0.1, -0.05) is 146 Å². The molecule has 4 nitrogen and oxygen atoms in total. The van der Waals surface area contributed by atoms with E-state index in [4.69, 9.17) is 6.57 Å². The first-order chi connectivity index (χ1) is 28.7. The molecule has 0 aromatic heterocycles. The number of benzene rings is 10. The Morgan fingerprint density at radius 2 is 0.810 bits per heavy atom. The third-order valence-electron chi connectivity index (χ3n) is 11.1. The van der Waals surface area contributed by atoms with E-state index in [9.17, 15) is 5.26 Å². The molecule has 0 aliphatic carbocycles. The Morgan fingerprint density at radius 3 is 1.26 bits per heavy atom. The summed E-state index contributed by atoms with van der Waals surface area (Å²) in [6.45, 7) is 7.65. The average molecular weight is 739 g/mol. The van der Waals surface area contributed by atoms with Gasteiger partial charge in [0.05, 0.1) is 41.0 Å². The third kappa shape index (κ3) is 5.85. The largest absolute Gasteiger partial charge is 0.309 e. The van der Waals surface area contributed by atoms with Gasteiger partial charge in [0.2, 0.25) is 0 Å². The Balaban J connectivity index is 1.24. The van der Waals surface area contributed by atoms with E-state index in [1.54, 1.807) is 0 Å². The minimum Gasteiger partial charge on any atom is -0.309 e. The van der Waals surface area contributed by atoms with Crippen molar-refractivity contribution in [3.8, 4) is 28.3 Å². The van der Waals surface area contributed by atoms with E-state index in [2.05, 4.69) is 166 Å². The Kier molecular flexibility index (Phi) is 8.57. The maximum Gasteiger partial charge on any atom is 0.187 e. The average Bonchev–Trinajstić information content (AvgIpc) is 3.30. The highest BCUT2D eigenvalue weighted by atomic mass is 15.2. The molecule has 10 aromatic carbocycles. The van der Waals surface area contributed by atoms with Gasteiger partial charge in [0.25, 0.3) is 0 Å². The van der Waals surface area contributed by atoms with Gasteiger partial charge >= 0.3 is 0 Å². The lowest BCUT2D eigenvalue weighted by Gasteiger charge is -2.31. The van der Waals surface area contributed by atoms with E-state index in [-0.39, 0.29) is 0 Å². The summed E-state index contributed by atoms with van der Waals surface area (Å²) in [6.07, 6.45) is 0. The monoisotopic (exact) mass is 738 g/mol. The van der Waals surface area contributed by atoms with Crippen LogP contribution in [-0.4, -0.2) is 0 Å². The number of para-hydroxylation sites is 2. The molecule has 0 aliphatic rings. The molecule has 270 valence electrons. The smallest absolute Gasteiger partial charge is 0.187 e. The molecule has 0 bridgehead atoms. The van der Waals surface area contributed by atoms with Gasteiger partial charge in [-0.2, -0.15) is 5.26 Å². The number of anilines is 6. The van der Waals surface area contributed by atoms with Crippen molar-refractivity contribution in [3.63, 3.8) is 0 Å². The number of nitriles is 1. The zero-order chi connectivity index (χ0) is 39.0. The second kappa shape index (κ2) is 14.5. The summed E-state index contributed by atoms with van der Waals surface area (Å²) in [5, 5.41) is 16.6. The number of hydrogen-bond acceptors (Lipinski definition) is 3. The molecule has 4 heteroatoms. The summed E-state index contributed by atoms with van der Waals surface area (Å²) >= 11 is 0. The molecule has 58 heavy (non-hydrogen) atoms. The van der Waals surface area contributed by atoms with Crippen molar-refractivity contribution in [2.45, 2.75) is 0 Å². The lowest BCUT2D eigenvalue weighted by atomic mass is 9.91. The van der Waals surface area contributed by atoms with E-state index < -0.39 is 0 Å². The first-order valence-corrected chi connectivity index (χ1v) is 19.3. The zero-order valence-electron chi connectivity index (χ0n) is 31.4. The number of rotatable bonds is 8. The van der Waals surface area contributed by atoms with Crippen molar-refractivity contribution in [1.29, 1.82) is 5.26 Å². The van der Waals surface area contributed by atoms with E-state index in [1.165, 1.54) is 10.8 Å². The van der Waals surface area contributed by atoms with Crippen LogP contribution in [0.4, 0.5) is 39.8 Å². The standard InChI is InChI=1S/C54H34N4/c1-56-42-26-30-44(31-27-42)58(50-19-11-9-17-46(50)39-14-6-3-7-15-39)52-35-25-41-22-32-47-51(34-24-40-23-33-48(52)54(41)53(40)47)57(43-28-20-37(36-55)21-29-43)49-18-10-8-16-45(49)38-12-4-2-5-13-38/h2-35H. The second-order valence-corrected chi connectivity index (χ2v) is 14.3. The van der Waals surface area contributed by atoms with Crippen molar-refractivity contribution in [3.05, 3.63) is 223 Å². The molecule has 0 atom stereocenters. The third-order valence-corrected chi connectivity index (χ3v) is 11.1. The molecule has 0 unspecified atom stereocenters. The highest BCUT2D eigenvalue weighted by Gasteiger charge is 2.24. The normalized spacial score (nSPS) is 11.1. The lowest BCUT2D eigenvalue weighted by molar-refractivity contribution is 1.29. The van der Waals surface area contributed by atoms with Gasteiger partial charge in [-0.15, -0.1) is 0 Å². The maximum atomic E-state index is 9.72. The fourth-order valence-corrected chi connectivity index (χ4v) is 8.40. The molecule has 0 saturated heterocycles. The van der Waals surface area contributed by atoms with Crippen molar-refractivity contribution in [2.75, 3.05) is 9.80 Å². The van der Waals surface area contributed by atoms with E-state index >= 15 is 0 Å². The Labute approximate surface area is 337 Å². The minimum absolute atomic E-state index is 0.601. The van der Waals surface area contributed by atoms with Crippen LogP contribution in [0.1, 0.15) is 5.56 Å². The fraction of sp³-hybridized carbons (Fsp3) is 0. The van der Waals surface area contributed by atoms with Crippen LogP contribution in [-0.2, 0) is 0 Å². The summed E-state index contributed by atoms with van der Waals surface area (Å²) in [4.78, 5) is 8.36. The summed E-state index contributed by atoms with van der Waals surface area (Å²) in [5.74, 6) is 0. The fourth-order valence-electron chi connectivity index (χ4n) is 8.40. The van der Waals surface area contributed by atoms with Crippen molar-refractivity contribution in [2.24, 2.45) is 0 Å². The molecule has 0 spiro atoms. The summed E-state index contributed by atoms with van der Waals surface area (Å²) in [5.41, 5.74) is 11.8. The molecule has 10 rings (SSSR count). The SMILES string of the molecule is [C-]#[N+]c1ccc(N(c2ccccc2-c2ccccc2)c2ccc3ccc4c(N(c5ccc(C#N)cc5)c5ccccc5-c5ccccc5)ccc5ccc2c3c54)cc1. The molecular formula is C54H34N4. The van der Waals surface area contributed by atoms with E-state index in [1.807, 2.05) is 60.7 Å². The van der Waals surface area contributed by atoms with Gasteiger partial charge in [0, 0.05) is 33.3 Å². The maximum absolute atomic E-state index is 9.72. The molecule has 0 heterocycles. The molecule has 0 radical (unpaired) electrons. The summed E-state index contributed by atoms with van der Waals surface area (Å²) in [6, 6.07) is 74.0. The minimum atomic E-state index is 0.601. The van der Waals surface area contributed by atoms with Crippen LogP contribution in [0.15, 0.2) is 206 Å². The van der Waals surface area contributed by atoms with Crippen molar-refractivity contribution >= 4 is 72.1 Å². The van der Waals surface area contributed by atoms with Gasteiger partial charge < -0.3 is 9.80 Å². The zero-order valence-corrected chi connectivity index (χ0v) is 31.4. The molecule has 10 aromatic rings. The first kappa shape index (κ1) is 34.3. The van der Waals surface area contributed by atoms with Gasteiger partial charge in [-0.25, -0.2) is 4.85 Å². The Bertz CT molecular complexity index is 2960. The Hall–Kier alpha value is -8.18. The molecule has 0 aliphatic heterocycles. The predicted octanol–water partition coefficient (Wildman–Crippen LogP) is 15.3. The number of nitrogens with zero attached hydrogens (tertiary/aromatic N) is 4. The van der Waals surface area contributed by atoms with Crippen molar-refractivity contribution < 1.29 is 0 Å². The number of hydrogen-bond donors (Lipinski definition) is 0. The molecule has 0 saturated carbocycles. The lowest BCUT2D eigenvalue weighted by Crippen LogP contribution is -2.12. The topological polar surface area (TPSA) is 34.6 Å². The van der Waals surface area contributed by atoms with Crippen LogP contribution >= 0.6 is 0 Å². The van der Waals surface area contributed by atoms with Crippen LogP contribution < -0.4 is 9.80 Å². The molecule has 0 amide bonds. The van der Waals surface area contributed by atoms with Crippen LogP contribution in [0, 0.1) is 17.9 Å². The van der Waals surface area contributed by atoms with Gasteiger partial charge in [0.1, 0.15) is 0 Å². The first-order valence-electron chi connectivity index (χ1n) is 19.3. The van der Waals surface area contributed by atoms with Gasteiger partial charge in [-0.3, -0.25) is 0 Å². The molecular weight excluding hydrogens is 705 g/mol. The molecule has 0 N–H and O–H groups in total.